The molecule has 150 valence electrons. The van der Waals surface area contributed by atoms with Crippen LogP contribution in [0.25, 0.3) is 0 Å². The second-order valence-corrected chi connectivity index (χ2v) is 8.21. The summed E-state index contributed by atoms with van der Waals surface area (Å²) in [5.74, 6) is -0.193. The molecule has 1 heterocycles. The first kappa shape index (κ1) is 21.2. The van der Waals surface area contributed by atoms with Gasteiger partial charge in [0.25, 0.3) is 5.91 Å². The van der Waals surface area contributed by atoms with Crippen LogP contribution in [-0.4, -0.2) is 58.6 Å². The Hall–Kier alpha value is -2.09. The number of rotatable bonds is 4. The molecule has 0 radical (unpaired) electrons. The van der Waals surface area contributed by atoms with Crippen molar-refractivity contribution in [3.63, 3.8) is 0 Å². The van der Waals surface area contributed by atoms with E-state index in [0.717, 1.165) is 25.7 Å². The highest BCUT2D eigenvalue weighted by molar-refractivity contribution is 6.32. The number of nitrogens with zero attached hydrogens (tertiary/aromatic N) is 4. The number of hydrogen-bond donors (Lipinski definition) is 1. The van der Waals surface area contributed by atoms with Crippen LogP contribution in [0, 0.1) is 0 Å². The topological polar surface area (TPSA) is 102 Å². The number of anilines is 1. The molecule has 1 saturated carbocycles. The molecule has 8 nitrogen and oxygen atoms in total. The van der Waals surface area contributed by atoms with Gasteiger partial charge >= 0.3 is 6.09 Å². The van der Waals surface area contributed by atoms with Gasteiger partial charge in [-0.25, -0.2) is 14.8 Å². The zero-order valence-electron chi connectivity index (χ0n) is 16.5. The fourth-order valence-electron chi connectivity index (χ4n) is 3.33. The molecule has 27 heavy (non-hydrogen) atoms. The van der Waals surface area contributed by atoms with E-state index < -0.39 is 11.5 Å². The molecule has 0 aromatic carbocycles. The predicted molar refractivity (Wildman–Crippen MR) is 104 cm³/mol. The highest BCUT2D eigenvalue weighted by Gasteiger charge is 2.35. The SMILES string of the molecule is CN(C(=O)OC(C)(C)C)C1CCCCC1N(C)c1cnc(C(N)=O)c(Cl)n1. The molecule has 2 rings (SSSR count). The minimum atomic E-state index is -0.720. The molecule has 2 N–H and O–H groups in total. The number of aromatic nitrogens is 2. The number of halogens is 1. The van der Waals surface area contributed by atoms with E-state index in [1.165, 1.54) is 6.20 Å². The molecule has 2 amide bonds. The maximum atomic E-state index is 12.5. The van der Waals surface area contributed by atoms with Crippen LogP contribution in [0.15, 0.2) is 6.20 Å². The van der Waals surface area contributed by atoms with Crippen molar-refractivity contribution < 1.29 is 14.3 Å². The second-order valence-electron chi connectivity index (χ2n) is 7.85. The average molecular weight is 398 g/mol. The summed E-state index contributed by atoms with van der Waals surface area (Å²) in [6.45, 7) is 5.54. The summed E-state index contributed by atoms with van der Waals surface area (Å²) in [6.07, 6.45) is 4.98. The Labute approximate surface area is 165 Å². The average Bonchev–Trinajstić information content (AvgIpc) is 2.58. The van der Waals surface area contributed by atoms with Gasteiger partial charge in [-0.05, 0) is 33.6 Å². The minimum Gasteiger partial charge on any atom is -0.444 e. The van der Waals surface area contributed by atoms with E-state index in [1.807, 2.05) is 32.7 Å². The number of carbonyl (C=O) groups is 2. The molecule has 1 aliphatic carbocycles. The highest BCUT2D eigenvalue weighted by atomic mass is 35.5. The molecule has 0 saturated heterocycles. The lowest BCUT2D eigenvalue weighted by Gasteiger charge is -2.42. The Bertz CT molecular complexity index is 707. The number of ether oxygens (including phenoxy) is 1. The zero-order valence-corrected chi connectivity index (χ0v) is 17.3. The van der Waals surface area contributed by atoms with Crippen LogP contribution in [0.2, 0.25) is 5.15 Å². The van der Waals surface area contributed by atoms with E-state index in [9.17, 15) is 9.59 Å². The molecule has 2 unspecified atom stereocenters. The van der Waals surface area contributed by atoms with Gasteiger partial charge in [-0.2, -0.15) is 0 Å². The number of nitrogens with two attached hydrogens (primary N) is 1. The molecule has 0 spiro atoms. The van der Waals surface area contributed by atoms with Crippen molar-refractivity contribution in [1.82, 2.24) is 14.9 Å². The summed E-state index contributed by atoms with van der Waals surface area (Å²) in [5, 5.41) is -0.0280. The largest absolute Gasteiger partial charge is 0.444 e. The van der Waals surface area contributed by atoms with Crippen LogP contribution < -0.4 is 10.6 Å². The van der Waals surface area contributed by atoms with Gasteiger partial charge in [0.1, 0.15) is 11.4 Å². The Kier molecular flexibility index (Phi) is 6.51. The lowest BCUT2D eigenvalue weighted by molar-refractivity contribution is 0.0165. The quantitative estimate of drug-likeness (QED) is 0.838. The fraction of sp³-hybridized carbons (Fsp3) is 0.667. The molecule has 0 aliphatic heterocycles. The van der Waals surface area contributed by atoms with Gasteiger partial charge < -0.3 is 20.3 Å². The third-order valence-corrected chi connectivity index (χ3v) is 4.95. The van der Waals surface area contributed by atoms with Crippen molar-refractivity contribution in [2.45, 2.75) is 64.1 Å². The number of amides is 2. The van der Waals surface area contributed by atoms with Crippen molar-refractivity contribution in [1.29, 1.82) is 0 Å². The van der Waals surface area contributed by atoms with Crippen LogP contribution in [0.1, 0.15) is 56.9 Å². The van der Waals surface area contributed by atoms with Crippen molar-refractivity contribution in [2.24, 2.45) is 5.73 Å². The molecule has 2 atom stereocenters. The normalized spacial score (nSPS) is 20.1. The lowest BCUT2D eigenvalue weighted by atomic mass is 9.88. The first-order chi connectivity index (χ1) is 12.5. The van der Waals surface area contributed by atoms with E-state index >= 15 is 0 Å². The summed E-state index contributed by atoms with van der Waals surface area (Å²) >= 11 is 6.04. The standard InChI is InChI=1S/C18H28ClN5O3/c1-18(2,3)27-17(26)24(5)12-9-7-6-8-11(12)23(4)13-10-21-14(16(20)25)15(19)22-13/h10-12H,6-9H2,1-5H3,(H2,20,25). The molecule has 0 bridgehead atoms. The van der Waals surface area contributed by atoms with Crippen molar-refractivity contribution in [2.75, 3.05) is 19.0 Å². The van der Waals surface area contributed by atoms with Gasteiger partial charge in [-0.15, -0.1) is 0 Å². The minimum absolute atomic E-state index is 0.0280. The summed E-state index contributed by atoms with van der Waals surface area (Å²) in [6, 6.07) is -0.00365. The third kappa shape index (κ3) is 5.22. The monoisotopic (exact) mass is 397 g/mol. The van der Waals surface area contributed by atoms with Crippen LogP contribution >= 0.6 is 11.6 Å². The fourth-order valence-corrected chi connectivity index (χ4v) is 3.56. The maximum absolute atomic E-state index is 12.5. The van der Waals surface area contributed by atoms with Gasteiger partial charge in [-0.1, -0.05) is 24.4 Å². The Morgan fingerprint density at radius 3 is 2.33 bits per heavy atom. The Balaban J connectivity index is 2.22. The zero-order chi connectivity index (χ0) is 20.4. The number of hydrogen-bond acceptors (Lipinski definition) is 6. The van der Waals surface area contributed by atoms with E-state index in [4.69, 9.17) is 22.1 Å². The van der Waals surface area contributed by atoms with E-state index in [-0.39, 0.29) is 29.0 Å². The van der Waals surface area contributed by atoms with Gasteiger partial charge in [0.2, 0.25) is 0 Å². The van der Waals surface area contributed by atoms with Crippen molar-refractivity contribution in [3.05, 3.63) is 17.0 Å². The van der Waals surface area contributed by atoms with Gasteiger partial charge in [0.15, 0.2) is 10.8 Å². The predicted octanol–water partition coefficient (Wildman–Crippen LogP) is 2.84. The van der Waals surface area contributed by atoms with Crippen LogP contribution in [0.4, 0.5) is 10.6 Å². The van der Waals surface area contributed by atoms with Gasteiger partial charge in [0.05, 0.1) is 18.3 Å². The first-order valence-corrected chi connectivity index (χ1v) is 9.40. The molecular weight excluding hydrogens is 370 g/mol. The molecular formula is C18H28ClN5O3. The molecule has 1 aromatic rings. The van der Waals surface area contributed by atoms with Gasteiger partial charge in [-0.3, -0.25) is 4.79 Å². The lowest BCUT2D eigenvalue weighted by Crippen LogP contribution is -2.54. The van der Waals surface area contributed by atoms with Gasteiger partial charge in [0, 0.05) is 14.1 Å². The van der Waals surface area contributed by atoms with Crippen LogP contribution in [0.5, 0.6) is 0 Å². The Morgan fingerprint density at radius 1 is 1.22 bits per heavy atom. The van der Waals surface area contributed by atoms with Crippen LogP contribution in [0.3, 0.4) is 0 Å². The summed E-state index contributed by atoms with van der Waals surface area (Å²) < 4.78 is 5.52. The number of carbonyl (C=O) groups excluding carboxylic acids is 2. The third-order valence-electron chi connectivity index (χ3n) is 4.68. The number of primary amides is 1. The molecule has 1 aromatic heterocycles. The van der Waals surface area contributed by atoms with E-state index in [1.54, 1.807) is 11.9 Å². The van der Waals surface area contributed by atoms with E-state index in [2.05, 4.69) is 9.97 Å². The molecule has 1 aliphatic rings. The molecule has 9 heteroatoms. The first-order valence-electron chi connectivity index (χ1n) is 9.02. The highest BCUT2D eigenvalue weighted by Crippen LogP contribution is 2.30. The Morgan fingerprint density at radius 2 is 1.81 bits per heavy atom. The summed E-state index contributed by atoms with van der Waals surface area (Å²) in [7, 11) is 3.65. The van der Waals surface area contributed by atoms with Crippen molar-refractivity contribution in [3.8, 4) is 0 Å². The van der Waals surface area contributed by atoms with E-state index in [0.29, 0.717) is 5.82 Å². The van der Waals surface area contributed by atoms with Crippen LogP contribution in [-0.2, 0) is 4.74 Å². The number of likely N-dealkylation sites (N-methyl/N-ethyl adjacent to an activating group) is 2. The molecule has 1 fully saturated rings. The van der Waals surface area contributed by atoms with Crippen molar-refractivity contribution >= 4 is 29.4 Å². The second kappa shape index (κ2) is 8.29. The summed E-state index contributed by atoms with van der Waals surface area (Å²) in [5.41, 5.74) is 4.63. The summed E-state index contributed by atoms with van der Waals surface area (Å²) in [4.78, 5) is 35.7. The maximum Gasteiger partial charge on any atom is 0.410 e. The smallest absolute Gasteiger partial charge is 0.410 e.